The van der Waals surface area contributed by atoms with Gasteiger partial charge in [-0.3, -0.25) is 0 Å². The Morgan fingerprint density at radius 2 is 2.18 bits per heavy atom. The standard InChI is InChI=1S/C13H20N4/c1-17(13-5-4-12(14)15-16-13)8-11-7-9-2-3-10(11)6-9/h4-5,9-11H,2-3,6-8H2,1H3,(H2,14,15). The summed E-state index contributed by atoms with van der Waals surface area (Å²) in [7, 11) is 2.10. The number of hydrogen-bond donors (Lipinski definition) is 1. The lowest BCUT2D eigenvalue weighted by Gasteiger charge is -2.27. The van der Waals surface area contributed by atoms with E-state index in [9.17, 15) is 0 Å². The maximum Gasteiger partial charge on any atom is 0.151 e. The SMILES string of the molecule is CN(CC1CC2CCC1C2)c1ccc(N)nn1. The lowest BCUT2D eigenvalue weighted by Crippen LogP contribution is -2.29. The highest BCUT2D eigenvalue weighted by molar-refractivity contribution is 5.40. The summed E-state index contributed by atoms with van der Waals surface area (Å²) in [5.41, 5.74) is 5.55. The molecule has 17 heavy (non-hydrogen) atoms. The molecule has 2 bridgehead atoms. The second-order valence-corrected chi connectivity index (χ2v) is 5.63. The van der Waals surface area contributed by atoms with E-state index in [1.807, 2.05) is 12.1 Å². The van der Waals surface area contributed by atoms with Gasteiger partial charge in [0.1, 0.15) is 5.82 Å². The third-order valence-corrected chi connectivity index (χ3v) is 4.46. The van der Waals surface area contributed by atoms with Gasteiger partial charge in [-0.15, -0.1) is 10.2 Å². The number of aromatic nitrogens is 2. The first-order valence-electron chi connectivity index (χ1n) is 6.52. The Morgan fingerprint density at radius 1 is 1.29 bits per heavy atom. The second kappa shape index (κ2) is 4.17. The Hall–Kier alpha value is -1.32. The monoisotopic (exact) mass is 232 g/mol. The van der Waals surface area contributed by atoms with E-state index in [1.165, 1.54) is 25.7 Å². The fourth-order valence-electron chi connectivity index (χ4n) is 3.58. The van der Waals surface area contributed by atoms with Gasteiger partial charge in [0.25, 0.3) is 0 Å². The molecule has 0 radical (unpaired) electrons. The summed E-state index contributed by atoms with van der Waals surface area (Å²) in [5.74, 6) is 4.25. The van der Waals surface area contributed by atoms with Crippen LogP contribution in [0.5, 0.6) is 0 Å². The molecule has 4 heteroatoms. The van der Waals surface area contributed by atoms with Gasteiger partial charge >= 0.3 is 0 Å². The van der Waals surface area contributed by atoms with Gasteiger partial charge in [-0.1, -0.05) is 6.42 Å². The molecule has 3 unspecified atom stereocenters. The van der Waals surface area contributed by atoms with Gasteiger partial charge in [-0.05, 0) is 49.1 Å². The van der Waals surface area contributed by atoms with E-state index < -0.39 is 0 Å². The van der Waals surface area contributed by atoms with Gasteiger partial charge in [-0.2, -0.15) is 0 Å². The lowest BCUT2D eigenvalue weighted by molar-refractivity contribution is 0.337. The van der Waals surface area contributed by atoms with Crippen molar-refractivity contribution in [3.8, 4) is 0 Å². The van der Waals surface area contributed by atoms with Crippen molar-refractivity contribution in [1.82, 2.24) is 10.2 Å². The smallest absolute Gasteiger partial charge is 0.151 e. The number of nitrogen functional groups attached to an aromatic ring is 1. The summed E-state index contributed by atoms with van der Waals surface area (Å²) in [6, 6.07) is 3.77. The van der Waals surface area contributed by atoms with Crippen LogP contribution in [0.4, 0.5) is 11.6 Å². The van der Waals surface area contributed by atoms with E-state index >= 15 is 0 Å². The van der Waals surface area contributed by atoms with Gasteiger partial charge in [0.15, 0.2) is 5.82 Å². The molecule has 3 rings (SSSR count). The third kappa shape index (κ3) is 2.08. The highest BCUT2D eigenvalue weighted by Crippen LogP contribution is 2.48. The Kier molecular flexibility index (Phi) is 2.65. The largest absolute Gasteiger partial charge is 0.382 e. The lowest BCUT2D eigenvalue weighted by atomic mass is 9.88. The van der Waals surface area contributed by atoms with E-state index in [0.717, 1.165) is 30.1 Å². The summed E-state index contributed by atoms with van der Waals surface area (Å²) in [5, 5.41) is 8.04. The second-order valence-electron chi connectivity index (χ2n) is 5.63. The molecule has 2 aliphatic carbocycles. The average molecular weight is 232 g/mol. The van der Waals surface area contributed by atoms with Crippen molar-refractivity contribution in [3.05, 3.63) is 12.1 Å². The predicted octanol–water partition coefficient (Wildman–Crippen LogP) is 1.93. The van der Waals surface area contributed by atoms with Gasteiger partial charge in [-0.25, -0.2) is 0 Å². The number of nitrogens with two attached hydrogens (primary N) is 1. The molecule has 0 spiro atoms. The van der Waals surface area contributed by atoms with Gasteiger partial charge in [0.05, 0.1) is 0 Å². The quantitative estimate of drug-likeness (QED) is 0.865. The van der Waals surface area contributed by atoms with Crippen LogP contribution in [0.2, 0.25) is 0 Å². The highest BCUT2D eigenvalue weighted by atomic mass is 15.3. The molecule has 3 atom stereocenters. The highest BCUT2D eigenvalue weighted by Gasteiger charge is 2.39. The van der Waals surface area contributed by atoms with Crippen molar-refractivity contribution in [2.45, 2.75) is 25.7 Å². The van der Waals surface area contributed by atoms with Crippen molar-refractivity contribution in [1.29, 1.82) is 0 Å². The molecular formula is C13H20N4. The molecule has 0 aliphatic heterocycles. The number of nitrogens with zero attached hydrogens (tertiary/aromatic N) is 3. The Balaban J connectivity index is 1.63. The fourth-order valence-corrected chi connectivity index (χ4v) is 3.58. The topological polar surface area (TPSA) is 55.0 Å². The zero-order valence-corrected chi connectivity index (χ0v) is 10.3. The molecule has 1 heterocycles. The minimum atomic E-state index is 0.488. The van der Waals surface area contributed by atoms with Crippen molar-refractivity contribution in [2.75, 3.05) is 24.2 Å². The van der Waals surface area contributed by atoms with Crippen LogP contribution in [-0.4, -0.2) is 23.8 Å². The molecule has 2 fully saturated rings. The minimum Gasteiger partial charge on any atom is -0.382 e. The average Bonchev–Trinajstić information content (AvgIpc) is 2.91. The molecule has 1 aromatic rings. The molecular weight excluding hydrogens is 212 g/mol. The molecule has 0 aromatic carbocycles. The summed E-state index contributed by atoms with van der Waals surface area (Å²) in [4.78, 5) is 2.22. The number of rotatable bonds is 3. The predicted molar refractivity (Wildman–Crippen MR) is 68.7 cm³/mol. The molecule has 2 aliphatic rings. The van der Waals surface area contributed by atoms with Crippen molar-refractivity contribution >= 4 is 11.6 Å². The van der Waals surface area contributed by atoms with Gasteiger partial charge in [0, 0.05) is 13.6 Å². The fraction of sp³-hybridized carbons (Fsp3) is 0.692. The van der Waals surface area contributed by atoms with E-state index in [0.29, 0.717) is 5.82 Å². The summed E-state index contributed by atoms with van der Waals surface area (Å²) in [6.45, 7) is 1.11. The number of anilines is 2. The van der Waals surface area contributed by atoms with Crippen LogP contribution in [0.1, 0.15) is 25.7 Å². The summed E-state index contributed by atoms with van der Waals surface area (Å²) >= 11 is 0. The van der Waals surface area contributed by atoms with E-state index in [1.54, 1.807) is 0 Å². The maximum absolute atomic E-state index is 5.55. The van der Waals surface area contributed by atoms with Crippen LogP contribution in [0.3, 0.4) is 0 Å². The first-order chi connectivity index (χ1) is 8.22. The van der Waals surface area contributed by atoms with Crippen LogP contribution in [0.25, 0.3) is 0 Å². The zero-order chi connectivity index (χ0) is 11.8. The van der Waals surface area contributed by atoms with Crippen LogP contribution in [0.15, 0.2) is 12.1 Å². The number of hydrogen-bond acceptors (Lipinski definition) is 4. The van der Waals surface area contributed by atoms with Crippen LogP contribution in [-0.2, 0) is 0 Å². The number of fused-ring (bicyclic) bond motifs is 2. The van der Waals surface area contributed by atoms with Crippen LogP contribution < -0.4 is 10.6 Å². The summed E-state index contributed by atoms with van der Waals surface area (Å²) < 4.78 is 0. The molecule has 92 valence electrons. The van der Waals surface area contributed by atoms with Crippen LogP contribution >= 0.6 is 0 Å². The zero-order valence-electron chi connectivity index (χ0n) is 10.3. The minimum absolute atomic E-state index is 0.488. The van der Waals surface area contributed by atoms with E-state index in [2.05, 4.69) is 22.1 Å². The van der Waals surface area contributed by atoms with Crippen LogP contribution in [0, 0.1) is 17.8 Å². The third-order valence-electron chi connectivity index (χ3n) is 4.46. The van der Waals surface area contributed by atoms with E-state index in [-0.39, 0.29) is 0 Å². The maximum atomic E-state index is 5.55. The first kappa shape index (κ1) is 10.8. The van der Waals surface area contributed by atoms with Crippen molar-refractivity contribution < 1.29 is 0 Å². The van der Waals surface area contributed by atoms with Gasteiger partial charge in [0.2, 0.25) is 0 Å². The molecule has 1 aromatic heterocycles. The Labute approximate surface area is 102 Å². The molecule has 2 N–H and O–H groups in total. The molecule has 4 nitrogen and oxygen atoms in total. The van der Waals surface area contributed by atoms with E-state index in [4.69, 9.17) is 5.73 Å². The molecule has 0 amide bonds. The normalized spacial score (nSPS) is 30.8. The Morgan fingerprint density at radius 3 is 2.76 bits per heavy atom. The van der Waals surface area contributed by atoms with Crippen molar-refractivity contribution in [3.63, 3.8) is 0 Å². The summed E-state index contributed by atoms with van der Waals surface area (Å²) in [6.07, 6.45) is 5.78. The molecule has 2 saturated carbocycles. The van der Waals surface area contributed by atoms with Gasteiger partial charge < -0.3 is 10.6 Å². The molecule has 0 saturated heterocycles. The van der Waals surface area contributed by atoms with Crippen molar-refractivity contribution in [2.24, 2.45) is 17.8 Å². The first-order valence-corrected chi connectivity index (χ1v) is 6.52. The Bertz CT molecular complexity index is 389.